The van der Waals surface area contributed by atoms with E-state index in [2.05, 4.69) is 6.92 Å². The fourth-order valence-electron chi connectivity index (χ4n) is 3.48. The van der Waals surface area contributed by atoms with Crippen molar-refractivity contribution in [2.75, 3.05) is 27.7 Å². The van der Waals surface area contributed by atoms with E-state index in [0.29, 0.717) is 10.9 Å². The third-order valence-electron chi connectivity index (χ3n) is 5.40. The Bertz CT molecular complexity index is 412. The van der Waals surface area contributed by atoms with Crippen molar-refractivity contribution in [2.24, 2.45) is 0 Å². The third kappa shape index (κ3) is 18.5. The van der Waals surface area contributed by atoms with Crippen LogP contribution in [0.1, 0.15) is 117 Å². The molecule has 0 heterocycles. The average molecular weight is 436 g/mol. The van der Waals surface area contributed by atoms with Crippen LogP contribution in [0.5, 0.6) is 0 Å². The Morgan fingerprint density at radius 2 is 1.14 bits per heavy atom. The highest BCUT2D eigenvalue weighted by Gasteiger charge is 2.28. The first kappa shape index (κ1) is 29.1. The lowest BCUT2D eigenvalue weighted by Crippen LogP contribution is -2.46. The topological polar surface area (TPSA) is 58.6 Å². The van der Waals surface area contributed by atoms with Gasteiger partial charge in [0.15, 0.2) is 6.23 Å². The molecular weight excluding hydrogens is 385 g/mol. The summed E-state index contributed by atoms with van der Waals surface area (Å²) >= 11 is 0. The monoisotopic (exact) mass is 435 g/mol. The van der Waals surface area contributed by atoms with E-state index < -0.39 is 7.82 Å². The molecule has 2 unspecified atom stereocenters. The van der Waals surface area contributed by atoms with Crippen LogP contribution in [0.3, 0.4) is 0 Å². The van der Waals surface area contributed by atoms with Crippen molar-refractivity contribution in [1.29, 1.82) is 0 Å². The minimum Gasteiger partial charge on any atom is -0.756 e. The van der Waals surface area contributed by atoms with Crippen LogP contribution >= 0.6 is 7.82 Å². The molecule has 0 rings (SSSR count). The largest absolute Gasteiger partial charge is 0.756 e. The highest BCUT2D eigenvalue weighted by atomic mass is 31.2. The van der Waals surface area contributed by atoms with Crippen LogP contribution in [0.4, 0.5) is 0 Å². The molecule has 0 aromatic heterocycles. The second-order valence-corrected chi connectivity index (χ2v) is 10.7. The Labute approximate surface area is 181 Å². The molecule has 0 fully saturated rings. The van der Waals surface area contributed by atoms with Gasteiger partial charge in [-0.25, -0.2) is 0 Å². The zero-order chi connectivity index (χ0) is 22.0. The lowest BCUT2D eigenvalue weighted by Gasteiger charge is -2.37. The fourth-order valence-corrected chi connectivity index (χ4v) is 4.58. The van der Waals surface area contributed by atoms with Gasteiger partial charge in [-0.1, -0.05) is 97.3 Å². The van der Waals surface area contributed by atoms with E-state index >= 15 is 0 Å². The molecule has 29 heavy (non-hydrogen) atoms. The van der Waals surface area contributed by atoms with Gasteiger partial charge in [0.25, 0.3) is 7.82 Å². The van der Waals surface area contributed by atoms with Crippen LogP contribution in [0, 0.1) is 0 Å². The van der Waals surface area contributed by atoms with Gasteiger partial charge in [-0.15, -0.1) is 0 Å². The number of unbranched alkanes of at least 4 members (excludes halogenated alkanes) is 13. The van der Waals surface area contributed by atoms with Crippen molar-refractivity contribution >= 4 is 7.82 Å². The standard InChI is InChI=1S/C23H50NO4P/c1-6-8-9-10-11-12-13-14-15-16-17-18-19-20-22-27-29(25,26)28-23(21-7-2)24(3,4)5/h23H,6-22H2,1-5H3. The minimum atomic E-state index is -4.23. The molecule has 0 aromatic rings. The highest BCUT2D eigenvalue weighted by Crippen LogP contribution is 2.42. The normalized spacial score (nSPS) is 15.4. The predicted molar refractivity (Wildman–Crippen MR) is 122 cm³/mol. The summed E-state index contributed by atoms with van der Waals surface area (Å²) in [5.74, 6) is 0. The highest BCUT2D eigenvalue weighted by molar-refractivity contribution is 7.45. The number of quaternary nitrogens is 1. The molecule has 176 valence electrons. The Balaban J connectivity index is 3.58. The van der Waals surface area contributed by atoms with E-state index in [1.807, 2.05) is 28.1 Å². The second kappa shape index (κ2) is 17.7. The number of phosphoric acid groups is 1. The first-order valence-electron chi connectivity index (χ1n) is 12.2. The van der Waals surface area contributed by atoms with E-state index in [4.69, 9.17) is 9.05 Å². The summed E-state index contributed by atoms with van der Waals surface area (Å²) in [6, 6.07) is 0. The smallest absolute Gasteiger partial charge is 0.272 e. The summed E-state index contributed by atoms with van der Waals surface area (Å²) in [5, 5.41) is 0. The fraction of sp³-hybridized carbons (Fsp3) is 1.00. The molecule has 0 aliphatic rings. The maximum Gasteiger partial charge on any atom is 0.272 e. The number of hydrogen-bond donors (Lipinski definition) is 0. The van der Waals surface area contributed by atoms with Gasteiger partial charge in [-0.3, -0.25) is 9.09 Å². The third-order valence-corrected chi connectivity index (χ3v) is 6.40. The molecule has 0 spiro atoms. The second-order valence-electron chi connectivity index (χ2n) is 9.34. The Hall–Kier alpha value is 0.0700. The average Bonchev–Trinajstić information content (AvgIpc) is 2.63. The lowest BCUT2D eigenvalue weighted by molar-refractivity contribution is -0.916. The van der Waals surface area contributed by atoms with E-state index in [0.717, 1.165) is 25.7 Å². The van der Waals surface area contributed by atoms with Crippen molar-refractivity contribution in [1.82, 2.24) is 0 Å². The van der Waals surface area contributed by atoms with Crippen LogP contribution < -0.4 is 4.89 Å². The van der Waals surface area contributed by atoms with E-state index in [9.17, 15) is 9.46 Å². The molecule has 0 amide bonds. The van der Waals surface area contributed by atoms with Crippen LogP contribution in [0.2, 0.25) is 0 Å². The number of phosphoric ester groups is 1. The van der Waals surface area contributed by atoms with Gasteiger partial charge in [0.05, 0.1) is 27.7 Å². The maximum atomic E-state index is 12.1. The molecular formula is C23H50NO4P. The molecule has 0 saturated carbocycles. The van der Waals surface area contributed by atoms with Crippen molar-refractivity contribution in [3.05, 3.63) is 0 Å². The zero-order valence-electron chi connectivity index (χ0n) is 20.1. The molecule has 0 radical (unpaired) electrons. The summed E-state index contributed by atoms with van der Waals surface area (Å²) in [5.41, 5.74) is 0. The summed E-state index contributed by atoms with van der Waals surface area (Å²) < 4.78 is 22.9. The molecule has 6 heteroatoms. The summed E-state index contributed by atoms with van der Waals surface area (Å²) in [6.07, 6.45) is 19.1. The van der Waals surface area contributed by atoms with Crippen LogP contribution in [0.15, 0.2) is 0 Å². The first-order valence-corrected chi connectivity index (χ1v) is 13.6. The van der Waals surface area contributed by atoms with Gasteiger partial charge in [0.1, 0.15) is 0 Å². The van der Waals surface area contributed by atoms with Crippen LogP contribution in [-0.4, -0.2) is 38.5 Å². The molecule has 0 saturated heterocycles. The van der Waals surface area contributed by atoms with Crippen molar-refractivity contribution in [2.45, 2.75) is 123 Å². The molecule has 0 aliphatic carbocycles. The van der Waals surface area contributed by atoms with E-state index in [-0.39, 0.29) is 12.8 Å². The van der Waals surface area contributed by atoms with E-state index in [1.165, 1.54) is 70.6 Å². The molecule has 0 aliphatic heterocycles. The molecule has 0 aromatic carbocycles. The SMILES string of the molecule is CCCCCCCCCCCCCCCCOP(=O)([O-])OC(CCC)[N+](C)(C)C. The number of hydrogen-bond acceptors (Lipinski definition) is 4. The Morgan fingerprint density at radius 3 is 1.52 bits per heavy atom. The maximum absolute atomic E-state index is 12.1. The van der Waals surface area contributed by atoms with E-state index in [1.54, 1.807) is 0 Å². The zero-order valence-corrected chi connectivity index (χ0v) is 21.0. The van der Waals surface area contributed by atoms with Crippen LogP contribution in [-0.2, 0) is 13.6 Å². The summed E-state index contributed by atoms with van der Waals surface area (Å²) in [7, 11) is 1.59. The van der Waals surface area contributed by atoms with Gasteiger partial charge in [-0.05, 0) is 12.8 Å². The molecule has 5 nitrogen and oxygen atoms in total. The van der Waals surface area contributed by atoms with Crippen molar-refractivity contribution in [3.8, 4) is 0 Å². The van der Waals surface area contributed by atoms with Gasteiger partial charge < -0.3 is 13.9 Å². The predicted octanol–water partition coefficient (Wildman–Crippen LogP) is 6.80. The molecule has 2 atom stereocenters. The van der Waals surface area contributed by atoms with Gasteiger partial charge >= 0.3 is 0 Å². The van der Waals surface area contributed by atoms with Gasteiger partial charge in [0.2, 0.25) is 0 Å². The quantitative estimate of drug-likeness (QED) is 0.0860. The summed E-state index contributed by atoms with van der Waals surface area (Å²) in [6.45, 7) is 4.52. The Morgan fingerprint density at radius 1 is 0.724 bits per heavy atom. The van der Waals surface area contributed by atoms with Crippen molar-refractivity contribution < 1.29 is 23.0 Å². The number of nitrogens with zero attached hydrogens (tertiary/aromatic N) is 1. The summed E-state index contributed by atoms with van der Waals surface area (Å²) in [4.78, 5) is 12.1. The lowest BCUT2D eigenvalue weighted by atomic mass is 10.0. The molecule has 0 N–H and O–H groups in total. The number of rotatable bonds is 21. The van der Waals surface area contributed by atoms with Crippen molar-refractivity contribution in [3.63, 3.8) is 0 Å². The van der Waals surface area contributed by atoms with Crippen LogP contribution in [0.25, 0.3) is 0 Å². The molecule has 0 bridgehead atoms. The first-order chi connectivity index (χ1) is 13.7. The van der Waals surface area contributed by atoms with Gasteiger partial charge in [0, 0.05) is 6.42 Å². The minimum absolute atomic E-state index is 0.231. The van der Waals surface area contributed by atoms with Gasteiger partial charge in [-0.2, -0.15) is 0 Å². The Kier molecular flexibility index (Phi) is 17.8.